The minimum Gasteiger partial charge on any atom is -0.480 e. The van der Waals surface area contributed by atoms with Gasteiger partial charge in [0.2, 0.25) is 0 Å². The van der Waals surface area contributed by atoms with Crippen LogP contribution in [-0.4, -0.2) is 115 Å². The van der Waals surface area contributed by atoms with Crippen LogP contribution in [0.25, 0.3) is 43.6 Å². The van der Waals surface area contributed by atoms with Crippen LogP contribution in [0.4, 0.5) is 0 Å². The molecule has 308 valence electrons. The van der Waals surface area contributed by atoms with Gasteiger partial charge >= 0.3 is 11.9 Å². The first-order valence-corrected chi connectivity index (χ1v) is 20.9. The van der Waals surface area contributed by atoms with Crippen molar-refractivity contribution in [2.24, 2.45) is 0 Å². The Balaban J connectivity index is 1.12. The van der Waals surface area contributed by atoms with E-state index in [1.807, 2.05) is 48.5 Å². The number of rotatable bonds is 12. The van der Waals surface area contributed by atoms with E-state index in [2.05, 4.69) is 114 Å². The van der Waals surface area contributed by atoms with Gasteiger partial charge < -0.3 is 40.8 Å². The Hall–Kier alpha value is -6.18. The predicted molar refractivity (Wildman–Crippen MR) is 238 cm³/mol. The summed E-state index contributed by atoms with van der Waals surface area (Å²) >= 11 is 0. The highest BCUT2D eigenvalue weighted by Gasteiger charge is 2.32. The summed E-state index contributed by atoms with van der Waals surface area (Å²) in [7, 11) is 0. The van der Waals surface area contributed by atoms with Crippen molar-refractivity contribution < 1.29 is 19.8 Å². The topological polar surface area (TPSA) is 168 Å². The maximum atomic E-state index is 12.8. The van der Waals surface area contributed by atoms with Crippen molar-refractivity contribution in [3.63, 3.8) is 0 Å². The van der Waals surface area contributed by atoms with E-state index >= 15 is 0 Å². The molecule has 1 aliphatic rings. The van der Waals surface area contributed by atoms with Crippen LogP contribution >= 0.6 is 0 Å². The zero-order valence-electron chi connectivity index (χ0n) is 33.5. The Morgan fingerprint density at radius 2 is 0.767 bits per heavy atom. The van der Waals surface area contributed by atoms with E-state index in [0.717, 1.165) is 65.9 Å². The molecule has 0 saturated carbocycles. The summed E-state index contributed by atoms with van der Waals surface area (Å²) in [6, 6.07) is 32.3. The maximum Gasteiger partial charge on any atom is 0.317 e. The van der Waals surface area contributed by atoms with Gasteiger partial charge in [0.1, 0.15) is 0 Å². The first-order chi connectivity index (χ1) is 29.3. The number of benzene rings is 4. The summed E-state index contributed by atoms with van der Waals surface area (Å²) < 4.78 is 0. The summed E-state index contributed by atoms with van der Waals surface area (Å²) in [5, 5.41) is 33.4. The second-order valence-corrected chi connectivity index (χ2v) is 16.4. The molecule has 0 spiro atoms. The molecule has 4 aromatic heterocycles. The molecule has 4 atom stereocenters. The van der Waals surface area contributed by atoms with Gasteiger partial charge in [0.25, 0.3) is 0 Å². The lowest BCUT2D eigenvalue weighted by Crippen LogP contribution is -2.58. The molecule has 9 rings (SSSR count). The van der Waals surface area contributed by atoms with Gasteiger partial charge in [-0.1, -0.05) is 72.8 Å². The number of aromatic nitrogens is 4. The van der Waals surface area contributed by atoms with Crippen molar-refractivity contribution in [2.45, 2.75) is 49.9 Å². The molecule has 12 nitrogen and oxygen atoms in total. The van der Waals surface area contributed by atoms with Crippen LogP contribution < -0.4 is 10.6 Å². The molecule has 12 heteroatoms. The number of carboxylic acids is 2. The smallest absolute Gasteiger partial charge is 0.317 e. The van der Waals surface area contributed by atoms with Gasteiger partial charge in [0.05, 0.1) is 13.1 Å². The standard InChI is InChI=1S/C48H52N8O4/c57-47(58)29-55-27-35(17-31-21-51-43-13-5-1-9-39(31)43)49-25-37(19-33-23-53-45-15-7-3-11-41(33)45)56(30-48(59)60)28-36(18-32-22-52-44-14-6-2-10-40(32)44)50-26-38(55)20-34-24-54-46-16-8-4-12-42(34)46/h1-16,21-24,35-38,49-54H,17-20,25-30H2,(H,57,58)(H,59,60)/t35-,36-,37-,38-/m0/s1. The van der Waals surface area contributed by atoms with Gasteiger partial charge in [-0.05, 0) is 72.2 Å². The molecule has 4 aromatic carbocycles. The number of H-pyrrole nitrogens is 4. The van der Waals surface area contributed by atoms with Gasteiger partial charge in [-0.25, -0.2) is 0 Å². The Morgan fingerprint density at radius 1 is 0.467 bits per heavy atom. The third-order valence-electron chi connectivity index (χ3n) is 12.4. The molecule has 1 fully saturated rings. The number of para-hydroxylation sites is 4. The first-order valence-electron chi connectivity index (χ1n) is 20.9. The highest BCUT2D eigenvalue weighted by Crippen LogP contribution is 2.26. The summed E-state index contributed by atoms with van der Waals surface area (Å²) in [6.07, 6.45) is 10.8. The van der Waals surface area contributed by atoms with E-state index in [1.165, 1.54) is 0 Å². The van der Waals surface area contributed by atoms with Crippen LogP contribution in [0.1, 0.15) is 22.3 Å². The van der Waals surface area contributed by atoms with E-state index in [0.29, 0.717) is 51.9 Å². The molecule has 5 heterocycles. The first kappa shape index (κ1) is 39.3. The van der Waals surface area contributed by atoms with Crippen molar-refractivity contribution in [1.29, 1.82) is 0 Å². The van der Waals surface area contributed by atoms with Gasteiger partial charge in [0.15, 0.2) is 0 Å². The molecule has 0 amide bonds. The monoisotopic (exact) mass is 804 g/mol. The van der Waals surface area contributed by atoms with Crippen molar-refractivity contribution in [3.05, 3.63) is 144 Å². The number of carboxylic acid groups (broad SMARTS) is 2. The van der Waals surface area contributed by atoms with Crippen LogP contribution in [0.5, 0.6) is 0 Å². The molecular weight excluding hydrogens is 753 g/mol. The highest BCUT2D eigenvalue weighted by atomic mass is 16.4. The van der Waals surface area contributed by atoms with Crippen LogP contribution in [-0.2, 0) is 35.3 Å². The fourth-order valence-electron chi connectivity index (χ4n) is 9.51. The number of aromatic amines is 4. The lowest BCUT2D eigenvalue weighted by molar-refractivity contribution is -0.139. The van der Waals surface area contributed by atoms with Crippen molar-refractivity contribution in [2.75, 3.05) is 39.3 Å². The average Bonchev–Trinajstić information content (AvgIpc) is 4.05. The second kappa shape index (κ2) is 17.6. The molecule has 8 aromatic rings. The Bertz CT molecular complexity index is 2540. The van der Waals surface area contributed by atoms with Crippen LogP contribution in [0.2, 0.25) is 0 Å². The fourth-order valence-corrected chi connectivity index (χ4v) is 9.51. The minimum atomic E-state index is -0.878. The van der Waals surface area contributed by atoms with E-state index in [-0.39, 0.29) is 37.3 Å². The number of fused-ring (bicyclic) bond motifs is 4. The zero-order valence-corrected chi connectivity index (χ0v) is 33.5. The molecule has 0 aliphatic carbocycles. The number of carbonyl (C=O) groups is 2. The number of aliphatic carboxylic acids is 2. The largest absolute Gasteiger partial charge is 0.480 e. The van der Waals surface area contributed by atoms with E-state index in [9.17, 15) is 19.8 Å². The Labute approximate surface area is 348 Å². The predicted octanol–water partition coefficient (Wildman–Crippen LogP) is 6.32. The quantitative estimate of drug-likeness (QED) is 0.0710. The van der Waals surface area contributed by atoms with Gasteiger partial charge in [-0.2, -0.15) is 0 Å². The van der Waals surface area contributed by atoms with Gasteiger partial charge in [0, 0.05) is 119 Å². The van der Waals surface area contributed by atoms with Gasteiger partial charge in [-0.15, -0.1) is 0 Å². The number of hydrogen-bond acceptors (Lipinski definition) is 6. The van der Waals surface area contributed by atoms with Crippen molar-refractivity contribution in [1.82, 2.24) is 40.4 Å². The minimum absolute atomic E-state index is 0.127. The lowest BCUT2D eigenvalue weighted by Gasteiger charge is -2.39. The normalized spacial score (nSPS) is 20.1. The molecule has 0 bridgehead atoms. The molecule has 0 radical (unpaired) electrons. The van der Waals surface area contributed by atoms with Gasteiger partial charge in [-0.3, -0.25) is 19.4 Å². The number of nitrogens with zero attached hydrogens (tertiary/aromatic N) is 2. The van der Waals surface area contributed by atoms with Crippen molar-refractivity contribution >= 4 is 55.6 Å². The third kappa shape index (κ3) is 8.73. The summed E-state index contributed by atoms with van der Waals surface area (Å²) in [4.78, 5) is 43.7. The molecule has 1 saturated heterocycles. The third-order valence-corrected chi connectivity index (χ3v) is 12.4. The van der Waals surface area contributed by atoms with Crippen LogP contribution in [0, 0.1) is 0 Å². The molecule has 1 aliphatic heterocycles. The average molecular weight is 805 g/mol. The van der Waals surface area contributed by atoms with E-state index in [4.69, 9.17) is 0 Å². The Kier molecular flexibility index (Phi) is 11.5. The highest BCUT2D eigenvalue weighted by molar-refractivity contribution is 5.85. The van der Waals surface area contributed by atoms with Crippen LogP contribution in [0.15, 0.2) is 122 Å². The molecule has 8 N–H and O–H groups in total. The van der Waals surface area contributed by atoms with Crippen molar-refractivity contribution in [3.8, 4) is 0 Å². The molecular formula is C48H52N8O4. The maximum absolute atomic E-state index is 12.8. The van der Waals surface area contributed by atoms with E-state index in [1.54, 1.807) is 0 Å². The van der Waals surface area contributed by atoms with E-state index < -0.39 is 11.9 Å². The summed E-state index contributed by atoms with van der Waals surface area (Å²) in [6.45, 7) is 1.66. The summed E-state index contributed by atoms with van der Waals surface area (Å²) in [5.74, 6) is -1.76. The number of nitrogens with one attached hydrogen (secondary N) is 6. The van der Waals surface area contributed by atoms with Crippen LogP contribution in [0.3, 0.4) is 0 Å². The fraction of sp³-hybridized carbons (Fsp3) is 0.292. The SMILES string of the molecule is O=C(O)CN1C[C@H](Cc2c[nH]c3ccccc23)NC[C@H](Cc2c[nH]c3ccccc23)N(CC(=O)O)C[C@H](Cc2c[nH]c3ccccc23)NC[C@@H]1Cc1c[nH]c2ccccc12. The zero-order chi connectivity index (χ0) is 41.0. The summed E-state index contributed by atoms with van der Waals surface area (Å²) in [5.41, 5.74) is 8.73. The number of hydrogen-bond donors (Lipinski definition) is 8. The Morgan fingerprint density at radius 3 is 1.08 bits per heavy atom. The second-order valence-electron chi connectivity index (χ2n) is 16.4. The molecule has 0 unspecified atom stereocenters. The lowest BCUT2D eigenvalue weighted by atomic mass is 9.97. The molecule has 60 heavy (non-hydrogen) atoms.